The summed E-state index contributed by atoms with van der Waals surface area (Å²) in [4.78, 5) is 24.8. The van der Waals surface area contributed by atoms with E-state index in [-0.39, 0.29) is 11.7 Å². The summed E-state index contributed by atoms with van der Waals surface area (Å²) in [6, 6.07) is 16.0. The Hall–Kier alpha value is -3.35. The minimum Gasteiger partial charge on any atom is -0.494 e. The quantitative estimate of drug-likeness (QED) is 0.281. The van der Waals surface area contributed by atoms with Gasteiger partial charge in [0.2, 0.25) is 0 Å². The molecule has 1 heterocycles. The molecule has 0 saturated heterocycles. The number of aromatic nitrogens is 3. The van der Waals surface area contributed by atoms with Gasteiger partial charge in [0.25, 0.3) is 0 Å². The van der Waals surface area contributed by atoms with Crippen LogP contribution in [0.5, 0.6) is 5.75 Å². The fourth-order valence-corrected chi connectivity index (χ4v) is 4.07. The van der Waals surface area contributed by atoms with Crippen molar-refractivity contribution in [2.45, 2.75) is 66.5 Å². The molecule has 0 spiro atoms. The summed E-state index contributed by atoms with van der Waals surface area (Å²) in [6.07, 6.45) is 2.89. The zero-order valence-corrected chi connectivity index (χ0v) is 21.5. The Balaban J connectivity index is 1.56. The largest absolute Gasteiger partial charge is 0.494 e. The van der Waals surface area contributed by atoms with E-state index in [1.807, 2.05) is 69.3 Å². The highest BCUT2D eigenvalue weighted by molar-refractivity contribution is 5.76. The van der Waals surface area contributed by atoms with Crippen LogP contribution in [0, 0.1) is 12.3 Å². The SMILES string of the molecule is CCCn1c(CCCOc2ccc(CC(C)(C)C(=O)OC)cc2)nn(Cc2ccc(C)cc2)c1=O. The number of methoxy groups -OCH3 is 1. The highest BCUT2D eigenvalue weighted by Gasteiger charge is 2.28. The third-order valence-corrected chi connectivity index (χ3v) is 6.02. The lowest BCUT2D eigenvalue weighted by Gasteiger charge is -2.21. The van der Waals surface area contributed by atoms with Crippen LogP contribution in [0.4, 0.5) is 0 Å². The maximum Gasteiger partial charge on any atom is 0.346 e. The average molecular weight is 480 g/mol. The van der Waals surface area contributed by atoms with Crippen molar-refractivity contribution in [3.05, 3.63) is 81.5 Å². The van der Waals surface area contributed by atoms with Gasteiger partial charge in [-0.1, -0.05) is 48.9 Å². The number of carbonyl (C=O) groups is 1. The first-order valence-corrected chi connectivity index (χ1v) is 12.3. The Morgan fingerprint density at radius 1 is 1.03 bits per heavy atom. The molecular weight excluding hydrogens is 442 g/mol. The molecule has 0 atom stereocenters. The van der Waals surface area contributed by atoms with Gasteiger partial charge in [-0.2, -0.15) is 5.10 Å². The van der Waals surface area contributed by atoms with Gasteiger partial charge in [0, 0.05) is 13.0 Å². The van der Waals surface area contributed by atoms with Crippen molar-refractivity contribution in [2.24, 2.45) is 5.41 Å². The summed E-state index contributed by atoms with van der Waals surface area (Å²) in [5.41, 5.74) is 2.67. The van der Waals surface area contributed by atoms with Crippen molar-refractivity contribution in [1.82, 2.24) is 14.3 Å². The lowest BCUT2D eigenvalue weighted by atomic mass is 9.86. The molecule has 3 aromatic rings. The summed E-state index contributed by atoms with van der Waals surface area (Å²) < 4.78 is 14.1. The number of esters is 1. The van der Waals surface area contributed by atoms with Gasteiger partial charge >= 0.3 is 11.7 Å². The molecule has 0 N–H and O–H groups in total. The molecule has 0 amide bonds. The summed E-state index contributed by atoms with van der Waals surface area (Å²) in [5.74, 6) is 1.36. The first kappa shape index (κ1) is 26.3. The molecule has 0 saturated carbocycles. The van der Waals surface area contributed by atoms with Gasteiger partial charge in [0.1, 0.15) is 11.6 Å². The maximum atomic E-state index is 12.9. The van der Waals surface area contributed by atoms with Crippen molar-refractivity contribution in [3.8, 4) is 5.75 Å². The van der Waals surface area contributed by atoms with Gasteiger partial charge in [0.15, 0.2) is 0 Å². The molecular formula is C28H37N3O4. The topological polar surface area (TPSA) is 75.3 Å². The van der Waals surface area contributed by atoms with E-state index in [9.17, 15) is 9.59 Å². The van der Waals surface area contributed by atoms with Crippen LogP contribution >= 0.6 is 0 Å². The smallest absolute Gasteiger partial charge is 0.346 e. The molecule has 0 aliphatic heterocycles. The number of hydrogen-bond acceptors (Lipinski definition) is 5. The zero-order chi connectivity index (χ0) is 25.4. The maximum absolute atomic E-state index is 12.9. The standard InChI is InChI=1S/C28H37N3O4/c1-6-17-30-25(29-31(27(30)33)20-23-11-9-21(2)10-12-23)8-7-18-35-24-15-13-22(14-16-24)19-28(3,4)26(32)34-5/h9-16H,6-8,17-20H2,1-5H3. The highest BCUT2D eigenvalue weighted by Crippen LogP contribution is 2.24. The van der Waals surface area contributed by atoms with Gasteiger partial charge in [0.05, 0.1) is 25.7 Å². The number of hydrogen-bond donors (Lipinski definition) is 0. The number of rotatable bonds is 12. The van der Waals surface area contributed by atoms with E-state index in [1.54, 1.807) is 9.25 Å². The normalized spacial score (nSPS) is 11.5. The van der Waals surface area contributed by atoms with Crippen LogP contribution in [0.25, 0.3) is 0 Å². The second-order valence-corrected chi connectivity index (χ2v) is 9.64. The monoisotopic (exact) mass is 479 g/mol. The molecule has 0 radical (unpaired) electrons. The second kappa shape index (κ2) is 11.9. The van der Waals surface area contributed by atoms with E-state index < -0.39 is 5.41 Å². The lowest BCUT2D eigenvalue weighted by molar-refractivity contribution is -0.150. The van der Waals surface area contributed by atoms with E-state index >= 15 is 0 Å². The zero-order valence-electron chi connectivity index (χ0n) is 21.5. The van der Waals surface area contributed by atoms with Crippen molar-refractivity contribution >= 4 is 5.97 Å². The van der Waals surface area contributed by atoms with E-state index in [1.165, 1.54) is 12.7 Å². The molecule has 0 unspecified atom stereocenters. The number of benzene rings is 2. The highest BCUT2D eigenvalue weighted by atomic mass is 16.5. The summed E-state index contributed by atoms with van der Waals surface area (Å²) in [7, 11) is 1.41. The molecule has 3 rings (SSSR count). The van der Waals surface area contributed by atoms with Crippen LogP contribution in [-0.4, -0.2) is 34.0 Å². The molecule has 7 nitrogen and oxygen atoms in total. The van der Waals surface area contributed by atoms with Gasteiger partial charge in [-0.05, 0) is 63.3 Å². The Morgan fingerprint density at radius 3 is 2.31 bits per heavy atom. The fourth-order valence-electron chi connectivity index (χ4n) is 4.07. The van der Waals surface area contributed by atoms with Gasteiger partial charge in [-0.25, -0.2) is 9.48 Å². The van der Waals surface area contributed by atoms with Crippen LogP contribution < -0.4 is 10.4 Å². The van der Waals surface area contributed by atoms with Crippen LogP contribution in [0.15, 0.2) is 53.3 Å². The summed E-state index contributed by atoms with van der Waals surface area (Å²) >= 11 is 0. The van der Waals surface area contributed by atoms with Crippen LogP contribution in [-0.2, 0) is 35.5 Å². The van der Waals surface area contributed by atoms with E-state index in [2.05, 4.69) is 12.0 Å². The van der Waals surface area contributed by atoms with Gasteiger partial charge in [-0.15, -0.1) is 0 Å². The van der Waals surface area contributed by atoms with Crippen molar-refractivity contribution in [2.75, 3.05) is 13.7 Å². The second-order valence-electron chi connectivity index (χ2n) is 9.64. The van der Waals surface area contributed by atoms with Crippen molar-refractivity contribution in [3.63, 3.8) is 0 Å². The first-order valence-electron chi connectivity index (χ1n) is 12.3. The summed E-state index contributed by atoms with van der Waals surface area (Å²) in [5, 5.41) is 4.63. The Morgan fingerprint density at radius 2 is 1.69 bits per heavy atom. The molecule has 1 aromatic heterocycles. The Labute approximate surface area is 207 Å². The molecule has 0 bridgehead atoms. The van der Waals surface area contributed by atoms with Crippen molar-refractivity contribution < 1.29 is 14.3 Å². The number of nitrogens with zero attached hydrogens (tertiary/aromatic N) is 3. The van der Waals surface area contributed by atoms with E-state index in [4.69, 9.17) is 9.47 Å². The third-order valence-electron chi connectivity index (χ3n) is 6.02. The number of carbonyl (C=O) groups excluding carboxylic acids is 1. The van der Waals surface area contributed by atoms with Gasteiger partial charge < -0.3 is 9.47 Å². The van der Waals surface area contributed by atoms with Crippen LogP contribution in [0.2, 0.25) is 0 Å². The molecule has 188 valence electrons. The molecule has 35 heavy (non-hydrogen) atoms. The molecule has 0 fully saturated rings. The van der Waals surface area contributed by atoms with Gasteiger partial charge in [-0.3, -0.25) is 9.36 Å². The molecule has 7 heteroatoms. The molecule has 0 aliphatic carbocycles. The average Bonchev–Trinajstić information content (AvgIpc) is 3.13. The van der Waals surface area contributed by atoms with E-state index in [0.29, 0.717) is 32.5 Å². The Bertz CT molecular complexity index is 1160. The predicted octanol–water partition coefficient (Wildman–Crippen LogP) is 4.56. The summed E-state index contributed by atoms with van der Waals surface area (Å²) in [6.45, 7) is 9.52. The van der Waals surface area contributed by atoms with Crippen LogP contribution in [0.1, 0.15) is 56.1 Å². The number of aryl methyl sites for hydroxylation is 2. The molecule has 0 aliphatic rings. The predicted molar refractivity (Wildman–Crippen MR) is 137 cm³/mol. The minimum atomic E-state index is -0.575. The lowest BCUT2D eigenvalue weighted by Crippen LogP contribution is -2.27. The minimum absolute atomic E-state index is 0.0613. The molecule has 2 aromatic carbocycles. The van der Waals surface area contributed by atoms with Crippen molar-refractivity contribution in [1.29, 1.82) is 0 Å². The van der Waals surface area contributed by atoms with Crippen LogP contribution in [0.3, 0.4) is 0 Å². The number of ether oxygens (including phenoxy) is 2. The fraction of sp³-hybridized carbons (Fsp3) is 0.464. The van der Waals surface area contributed by atoms with E-state index in [0.717, 1.165) is 35.5 Å². The first-order chi connectivity index (χ1) is 16.7. The third kappa shape index (κ3) is 7.07. The Kier molecular flexibility index (Phi) is 8.90.